The van der Waals surface area contributed by atoms with Crippen molar-refractivity contribution in [3.63, 3.8) is 0 Å². The largest absolute Gasteiger partial charge is 0.393 e. The highest BCUT2D eigenvalue weighted by Crippen LogP contribution is 2.66. The molecule has 4 aliphatic carbocycles. The van der Waals surface area contributed by atoms with E-state index in [0.717, 1.165) is 24.2 Å². The first-order valence-electron chi connectivity index (χ1n) is 9.23. The summed E-state index contributed by atoms with van der Waals surface area (Å²) in [5.41, 5.74) is 1.13. The van der Waals surface area contributed by atoms with Crippen molar-refractivity contribution in [3.05, 3.63) is 0 Å². The molecule has 0 heterocycles. The van der Waals surface area contributed by atoms with Crippen molar-refractivity contribution in [1.29, 1.82) is 0 Å². The highest BCUT2D eigenvalue weighted by molar-refractivity contribution is 5.09. The molecule has 0 unspecified atom stereocenters. The lowest BCUT2D eigenvalue weighted by molar-refractivity contribution is -0.157. The molecule has 114 valence electrons. The van der Waals surface area contributed by atoms with Gasteiger partial charge in [-0.15, -0.1) is 0 Å². The molecule has 1 N–H and O–H groups in total. The van der Waals surface area contributed by atoms with Crippen molar-refractivity contribution in [2.45, 2.75) is 84.2 Å². The van der Waals surface area contributed by atoms with Crippen LogP contribution in [0.25, 0.3) is 0 Å². The number of rotatable bonds is 0. The number of fused-ring (bicyclic) bond motifs is 5. The smallest absolute Gasteiger partial charge is 0.0577 e. The highest BCUT2D eigenvalue weighted by Gasteiger charge is 2.59. The van der Waals surface area contributed by atoms with Crippen molar-refractivity contribution in [2.75, 3.05) is 0 Å². The molecule has 0 amide bonds. The van der Waals surface area contributed by atoms with Crippen LogP contribution >= 0.6 is 0 Å². The Balaban J connectivity index is 1.69. The van der Waals surface area contributed by atoms with Gasteiger partial charge in [0.25, 0.3) is 0 Å². The van der Waals surface area contributed by atoms with Gasteiger partial charge < -0.3 is 5.11 Å². The minimum Gasteiger partial charge on any atom is -0.393 e. The molecule has 0 bridgehead atoms. The second kappa shape index (κ2) is 4.48. The third-order valence-electron chi connectivity index (χ3n) is 8.38. The van der Waals surface area contributed by atoms with Crippen LogP contribution in [0.5, 0.6) is 0 Å². The summed E-state index contributed by atoms with van der Waals surface area (Å²) in [5, 5.41) is 10.9. The van der Waals surface area contributed by atoms with E-state index in [2.05, 4.69) is 13.8 Å². The first-order valence-corrected chi connectivity index (χ1v) is 9.23. The molecule has 4 saturated carbocycles. The first-order chi connectivity index (χ1) is 9.55. The van der Waals surface area contributed by atoms with Gasteiger partial charge >= 0.3 is 0 Å². The Morgan fingerprint density at radius 3 is 2.55 bits per heavy atom. The van der Waals surface area contributed by atoms with Gasteiger partial charge in [0.15, 0.2) is 0 Å². The molecule has 4 rings (SSSR count). The zero-order valence-corrected chi connectivity index (χ0v) is 13.4. The van der Waals surface area contributed by atoms with Crippen LogP contribution in [0, 0.1) is 34.5 Å². The van der Waals surface area contributed by atoms with Gasteiger partial charge in [-0.2, -0.15) is 0 Å². The Bertz CT molecular complexity index is 391. The van der Waals surface area contributed by atoms with Crippen molar-refractivity contribution in [3.8, 4) is 0 Å². The van der Waals surface area contributed by atoms with Gasteiger partial charge in [-0.25, -0.2) is 0 Å². The Kier molecular flexibility index (Phi) is 3.05. The Morgan fingerprint density at radius 1 is 0.850 bits per heavy atom. The second-order valence-electron chi connectivity index (χ2n) is 9.13. The summed E-state index contributed by atoms with van der Waals surface area (Å²) in [6, 6.07) is 0. The van der Waals surface area contributed by atoms with Crippen LogP contribution in [-0.2, 0) is 0 Å². The summed E-state index contributed by atoms with van der Waals surface area (Å²) in [6.45, 7) is 5.13. The average Bonchev–Trinajstić information content (AvgIpc) is 2.81. The van der Waals surface area contributed by atoms with Crippen LogP contribution < -0.4 is 0 Å². The molecule has 0 spiro atoms. The van der Waals surface area contributed by atoms with Crippen LogP contribution in [0.3, 0.4) is 0 Å². The predicted octanol–water partition coefficient (Wildman–Crippen LogP) is 4.78. The maximum Gasteiger partial charge on any atom is 0.0577 e. The van der Waals surface area contributed by atoms with E-state index in [9.17, 15) is 5.11 Å². The van der Waals surface area contributed by atoms with Gasteiger partial charge in [-0.05, 0) is 79.4 Å². The molecular weight excluding hydrogens is 244 g/mol. The van der Waals surface area contributed by atoms with E-state index >= 15 is 0 Å². The molecule has 0 saturated heterocycles. The third kappa shape index (κ3) is 1.71. The SMILES string of the molecule is C[C@]12CCC[C@@H]1[C@@H]1[C@H](O)C[C@H]3CCCC[C@@]3(C)[C@H]1CC2. The van der Waals surface area contributed by atoms with Gasteiger partial charge in [-0.3, -0.25) is 0 Å². The maximum absolute atomic E-state index is 10.9. The third-order valence-corrected chi connectivity index (χ3v) is 8.38. The molecule has 0 aromatic carbocycles. The summed E-state index contributed by atoms with van der Waals surface area (Å²) in [4.78, 5) is 0. The number of hydrogen-bond donors (Lipinski definition) is 1. The minimum atomic E-state index is 0.0129. The zero-order chi connectivity index (χ0) is 14.0. The molecule has 0 aromatic rings. The van der Waals surface area contributed by atoms with Crippen LogP contribution in [-0.4, -0.2) is 11.2 Å². The summed E-state index contributed by atoms with van der Waals surface area (Å²) in [5.74, 6) is 3.11. The highest BCUT2D eigenvalue weighted by atomic mass is 16.3. The fourth-order valence-corrected chi connectivity index (χ4v) is 7.25. The number of hydrogen-bond acceptors (Lipinski definition) is 1. The van der Waals surface area contributed by atoms with Gasteiger partial charge in [0.2, 0.25) is 0 Å². The van der Waals surface area contributed by atoms with E-state index in [0.29, 0.717) is 16.7 Å². The molecule has 0 aromatic heterocycles. The lowest BCUT2D eigenvalue weighted by atomic mass is 9.45. The van der Waals surface area contributed by atoms with Gasteiger partial charge in [0, 0.05) is 0 Å². The van der Waals surface area contributed by atoms with Crippen LogP contribution in [0.4, 0.5) is 0 Å². The summed E-state index contributed by atoms with van der Waals surface area (Å²) in [6.07, 6.45) is 13.9. The standard InChI is InChI=1S/C19H32O/c1-18-9-5-7-14(18)17-15(8-11-18)19(2)10-4-3-6-13(19)12-16(17)20/h13-17,20H,3-12H2,1-2H3/t13-,14-,15+,16-,17+,18-,19-/m1/s1. The molecule has 1 heteroatoms. The topological polar surface area (TPSA) is 20.2 Å². The van der Waals surface area contributed by atoms with Crippen molar-refractivity contribution in [1.82, 2.24) is 0 Å². The van der Waals surface area contributed by atoms with E-state index in [1.165, 1.54) is 57.8 Å². The number of aliphatic hydroxyl groups excluding tert-OH is 1. The predicted molar refractivity (Wildman–Crippen MR) is 82.4 cm³/mol. The molecule has 0 radical (unpaired) electrons. The fourth-order valence-electron chi connectivity index (χ4n) is 7.25. The Morgan fingerprint density at radius 2 is 1.70 bits per heavy atom. The van der Waals surface area contributed by atoms with Crippen molar-refractivity contribution in [2.24, 2.45) is 34.5 Å². The molecular formula is C19H32O. The van der Waals surface area contributed by atoms with Crippen molar-refractivity contribution >= 4 is 0 Å². The monoisotopic (exact) mass is 276 g/mol. The Labute approximate surface area is 124 Å². The van der Waals surface area contributed by atoms with E-state index in [4.69, 9.17) is 0 Å². The van der Waals surface area contributed by atoms with Gasteiger partial charge in [-0.1, -0.05) is 33.1 Å². The summed E-state index contributed by atoms with van der Waals surface area (Å²) in [7, 11) is 0. The average molecular weight is 276 g/mol. The van der Waals surface area contributed by atoms with Crippen molar-refractivity contribution < 1.29 is 5.11 Å². The van der Waals surface area contributed by atoms with E-state index < -0.39 is 0 Å². The lowest BCUT2D eigenvalue weighted by Crippen LogP contribution is -2.56. The quantitative estimate of drug-likeness (QED) is 0.675. The van der Waals surface area contributed by atoms with Gasteiger partial charge in [0.05, 0.1) is 6.10 Å². The maximum atomic E-state index is 10.9. The molecule has 20 heavy (non-hydrogen) atoms. The van der Waals surface area contributed by atoms with E-state index in [1.54, 1.807) is 0 Å². The summed E-state index contributed by atoms with van der Waals surface area (Å²) < 4.78 is 0. The van der Waals surface area contributed by atoms with Crippen LogP contribution in [0.15, 0.2) is 0 Å². The minimum absolute atomic E-state index is 0.0129. The van der Waals surface area contributed by atoms with Crippen LogP contribution in [0.1, 0.15) is 78.1 Å². The fraction of sp³-hybridized carbons (Fsp3) is 1.00. The summed E-state index contributed by atoms with van der Waals surface area (Å²) >= 11 is 0. The van der Waals surface area contributed by atoms with E-state index in [-0.39, 0.29) is 6.10 Å². The Hall–Kier alpha value is -0.0400. The molecule has 7 atom stereocenters. The molecule has 0 aliphatic heterocycles. The zero-order valence-electron chi connectivity index (χ0n) is 13.4. The normalized spacial score (nSPS) is 58.6. The molecule has 4 aliphatic rings. The second-order valence-corrected chi connectivity index (χ2v) is 9.13. The molecule has 4 fully saturated rings. The number of aliphatic hydroxyl groups is 1. The lowest BCUT2D eigenvalue weighted by Gasteiger charge is -2.61. The first kappa shape index (κ1) is 13.6. The molecule has 1 nitrogen and oxygen atoms in total. The van der Waals surface area contributed by atoms with Crippen LogP contribution in [0.2, 0.25) is 0 Å². The van der Waals surface area contributed by atoms with Gasteiger partial charge in [0.1, 0.15) is 0 Å². The van der Waals surface area contributed by atoms with E-state index in [1.807, 2.05) is 0 Å².